The van der Waals surface area contributed by atoms with Crippen LogP contribution in [0.5, 0.6) is 17.2 Å². The Morgan fingerprint density at radius 3 is 2.37 bits per heavy atom. The van der Waals surface area contributed by atoms with E-state index in [4.69, 9.17) is 14.2 Å². The van der Waals surface area contributed by atoms with E-state index < -0.39 is 17.9 Å². The van der Waals surface area contributed by atoms with Gasteiger partial charge in [-0.05, 0) is 54.1 Å². The third-order valence-corrected chi connectivity index (χ3v) is 5.80. The molecule has 1 atom stereocenters. The molecule has 1 aromatic heterocycles. The molecule has 1 saturated heterocycles. The smallest absolute Gasteiger partial charge is 0.257 e. The predicted molar refractivity (Wildman–Crippen MR) is 128 cm³/mol. The summed E-state index contributed by atoms with van der Waals surface area (Å²) in [5, 5.41) is 0. The van der Waals surface area contributed by atoms with Gasteiger partial charge in [-0.3, -0.25) is 19.4 Å². The second kappa shape index (κ2) is 10.3. The SMILES string of the molecule is COc1ccc(N2C(=O)CC(N(Cc3cccnc3)C(=O)c3ccc(OC)c(OC)c3)C2=O)cc1. The fourth-order valence-corrected chi connectivity index (χ4v) is 4.01. The summed E-state index contributed by atoms with van der Waals surface area (Å²) >= 11 is 0. The van der Waals surface area contributed by atoms with E-state index in [0.717, 1.165) is 10.5 Å². The van der Waals surface area contributed by atoms with Crippen molar-refractivity contribution in [3.63, 3.8) is 0 Å². The van der Waals surface area contributed by atoms with Crippen molar-refractivity contribution in [2.24, 2.45) is 0 Å². The van der Waals surface area contributed by atoms with Crippen molar-refractivity contribution in [1.82, 2.24) is 9.88 Å². The summed E-state index contributed by atoms with van der Waals surface area (Å²) in [6, 6.07) is 14.0. The molecule has 1 unspecified atom stereocenters. The van der Waals surface area contributed by atoms with E-state index in [0.29, 0.717) is 28.5 Å². The molecule has 2 aromatic carbocycles. The molecule has 0 N–H and O–H groups in total. The molecule has 3 amide bonds. The molecular formula is C26H25N3O6. The highest BCUT2D eigenvalue weighted by Crippen LogP contribution is 2.31. The summed E-state index contributed by atoms with van der Waals surface area (Å²) in [5.41, 5.74) is 1.45. The molecule has 0 spiro atoms. The topological polar surface area (TPSA) is 98.3 Å². The lowest BCUT2D eigenvalue weighted by atomic mass is 10.1. The largest absolute Gasteiger partial charge is 0.497 e. The summed E-state index contributed by atoms with van der Waals surface area (Å²) in [6.07, 6.45) is 3.11. The average Bonchev–Trinajstić information content (AvgIpc) is 3.20. The maximum atomic E-state index is 13.7. The van der Waals surface area contributed by atoms with Gasteiger partial charge in [-0.2, -0.15) is 0 Å². The molecule has 1 aliphatic heterocycles. The van der Waals surface area contributed by atoms with Gasteiger partial charge in [0.15, 0.2) is 11.5 Å². The fraction of sp³-hybridized carbons (Fsp3) is 0.231. The van der Waals surface area contributed by atoms with Crippen LogP contribution in [0.3, 0.4) is 0 Å². The highest BCUT2D eigenvalue weighted by atomic mass is 16.5. The Hall–Kier alpha value is -4.40. The van der Waals surface area contributed by atoms with Gasteiger partial charge >= 0.3 is 0 Å². The number of ether oxygens (including phenoxy) is 3. The Labute approximate surface area is 202 Å². The van der Waals surface area contributed by atoms with E-state index in [9.17, 15) is 14.4 Å². The molecule has 4 rings (SSSR count). The van der Waals surface area contributed by atoms with E-state index in [-0.39, 0.29) is 18.9 Å². The lowest BCUT2D eigenvalue weighted by Gasteiger charge is -2.28. The van der Waals surface area contributed by atoms with Crippen LogP contribution in [0.2, 0.25) is 0 Å². The zero-order valence-electron chi connectivity index (χ0n) is 19.6. The Bertz CT molecular complexity index is 1230. The Balaban J connectivity index is 1.69. The standard InChI is InChI=1S/C26H25N3O6/c1-33-20-9-7-19(8-10-20)29-24(30)14-21(26(29)32)28(16-17-5-4-12-27-15-17)25(31)18-6-11-22(34-2)23(13-18)35-3/h4-13,15,21H,14,16H2,1-3H3. The minimum Gasteiger partial charge on any atom is -0.497 e. The van der Waals surface area contributed by atoms with Gasteiger partial charge in [0.2, 0.25) is 5.91 Å². The van der Waals surface area contributed by atoms with E-state index in [1.54, 1.807) is 60.9 Å². The number of benzene rings is 2. The van der Waals surface area contributed by atoms with E-state index >= 15 is 0 Å². The number of nitrogens with zero attached hydrogens (tertiary/aromatic N) is 3. The van der Waals surface area contributed by atoms with Gasteiger partial charge < -0.3 is 19.1 Å². The molecule has 0 saturated carbocycles. The van der Waals surface area contributed by atoms with Crippen LogP contribution in [0, 0.1) is 0 Å². The number of aromatic nitrogens is 1. The van der Waals surface area contributed by atoms with E-state index in [1.165, 1.54) is 26.2 Å². The first-order chi connectivity index (χ1) is 17.0. The number of imide groups is 1. The third-order valence-electron chi connectivity index (χ3n) is 5.80. The molecule has 0 bridgehead atoms. The lowest BCUT2D eigenvalue weighted by Crippen LogP contribution is -2.45. The molecular weight excluding hydrogens is 450 g/mol. The summed E-state index contributed by atoms with van der Waals surface area (Å²) in [7, 11) is 4.52. The minimum absolute atomic E-state index is 0.0984. The van der Waals surface area contributed by atoms with Gasteiger partial charge in [-0.1, -0.05) is 6.07 Å². The number of rotatable bonds is 8. The van der Waals surface area contributed by atoms with Crippen molar-refractivity contribution in [2.75, 3.05) is 26.2 Å². The molecule has 2 heterocycles. The second-order valence-corrected chi connectivity index (χ2v) is 7.85. The Kier molecular flexibility index (Phi) is 6.96. The molecule has 9 heteroatoms. The molecule has 1 fully saturated rings. The van der Waals surface area contributed by atoms with Gasteiger partial charge in [0.25, 0.3) is 11.8 Å². The van der Waals surface area contributed by atoms with Crippen LogP contribution in [0.4, 0.5) is 5.69 Å². The fourth-order valence-electron chi connectivity index (χ4n) is 4.01. The van der Waals surface area contributed by atoms with Crippen LogP contribution in [0.15, 0.2) is 67.0 Å². The number of hydrogen-bond acceptors (Lipinski definition) is 7. The van der Waals surface area contributed by atoms with Crippen LogP contribution in [0.1, 0.15) is 22.3 Å². The van der Waals surface area contributed by atoms with Crippen LogP contribution < -0.4 is 19.1 Å². The number of hydrogen-bond donors (Lipinski definition) is 0. The van der Waals surface area contributed by atoms with E-state index in [1.807, 2.05) is 6.07 Å². The normalized spacial score (nSPS) is 15.2. The van der Waals surface area contributed by atoms with Crippen LogP contribution in [-0.2, 0) is 16.1 Å². The van der Waals surface area contributed by atoms with Gasteiger partial charge in [-0.15, -0.1) is 0 Å². The maximum absolute atomic E-state index is 13.7. The van der Waals surface area contributed by atoms with Crippen LogP contribution in [0.25, 0.3) is 0 Å². The molecule has 0 aliphatic carbocycles. The quantitative estimate of drug-likeness (QED) is 0.462. The molecule has 0 radical (unpaired) electrons. The Morgan fingerprint density at radius 2 is 1.74 bits per heavy atom. The summed E-state index contributed by atoms with van der Waals surface area (Å²) in [4.78, 5) is 46.7. The molecule has 9 nitrogen and oxygen atoms in total. The molecule has 1 aliphatic rings. The number of anilines is 1. The van der Waals surface area contributed by atoms with E-state index in [2.05, 4.69) is 4.98 Å². The highest BCUT2D eigenvalue weighted by molar-refractivity contribution is 6.23. The number of carbonyl (C=O) groups is 3. The van der Waals surface area contributed by atoms with Crippen LogP contribution >= 0.6 is 0 Å². The summed E-state index contributed by atoms with van der Waals surface area (Å²) in [6.45, 7) is 0.0984. The van der Waals surface area contributed by atoms with Gasteiger partial charge in [-0.25, -0.2) is 4.90 Å². The number of carbonyl (C=O) groups excluding carboxylic acids is 3. The van der Waals surface area contributed by atoms with Crippen LogP contribution in [-0.4, -0.2) is 55.0 Å². The van der Waals surface area contributed by atoms with Crippen molar-refractivity contribution in [1.29, 1.82) is 0 Å². The average molecular weight is 476 g/mol. The molecule has 35 heavy (non-hydrogen) atoms. The maximum Gasteiger partial charge on any atom is 0.257 e. The Morgan fingerprint density at radius 1 is 1.00 bits per heavy atom. The van der Waals surface area contributed by atoms with Crippen molar-refractivity contribution >= 4 is 23.4 Å². The highest BCUT2D eigenvalue weighted by Gasteiger charge is 2.44. The van der Waals surface area contributed by atoms with Gasteiger partial charge in [0.1, 0.15) is 11.8 Å². The summed E-state index contributed by atoms with van der Waals surface area (Å²) < 4.78 is 15.8. The first-order valence-electron chi connectivity index (χ1n) is 10.9. The number of pyridine rings is 1. The van der Waals surface area contributed by atoms with Gasteiger partial charge in [0.05, 0.1) is 33.4 Å². The lowest BCUT2D eigenvalue weighted by molar-refractivity contribution is -0.122. The van der Waals surface area contributed by atoms with Crippen molar-refractivity contribution in [3.8, 4) is 17.2 Å². The predicted octanol–water partition coefficient (Wildman–Crippen LogP) is 3.08. The van der Waals surface area contributed by atoms with Crippen molar-refractivity contribution in [2.45, 2.75) is 19.0 Å². The minimum atomic E-state index is -0.981. The molecule has 3 aromatic rings. The monoisotopic (exact) mass is 475 g/mol. The first kappa shape index (κ1) is 23.7. The third kappa shape index (κ3) is 4.79. The molecule has 180 valence electrons. The van der Waals surface area contributed by atoms with Gasteiger partial charge in [0, 0.05) is 24.5 Å². The first-order valence-corrected chi connectivity index (χ1v) is 10.9. The zero-order valence-corrected chi connectivity index (χ0v) is 19.6. The zero-order chi connectivity index (χ0) is 24.9. The number of methoxy groups -OCH3 is 3. The van der Waals surface area contributed by atoms with Crippen molar-refractivity contribution in [3.05, 3.63) is 78.1 Å². The number of amides is 3. The summed E-state index contributed by atoms with van der Waals surface area (Å²) in [5.74, 6) is 0.178. The second-order valence-electron chi connectivity index (χ2n) is 7.85. The van der Waals surface area contributed by atoms with Crippen molar-refractivity contribution < 1.29 is 28.6 Å².